The smallest absolute Gasteiger partial charge is 0.253 e. The lowest BCUT2D eigenvalue weighted by atomic mass is 10.3. The van der Waals surface area contributed by atoms with Gasteiger partial charge in [0.2, 0.25) is 5.89 Å². The Balaban J connectivity index is 2.08. The Hall–Kier alpha value is -2.24. The van der Waals surface area contributed by atoms with Gasteiger partial charge in [0.1, 0.15) is 17.2 Å². The first-order valence-corrected chi connectivity index (χ1v) is 5.36. The molecule has 1 aromatic carbocycles. The van der Waals surface area contributed by atoms with Crippen molar-refractivity contribution < 1.29 is 18.6 Å². The van der Waals surface area contributed by atoms with Crippen LogP contribution in [0.15, 0.2) is 22.6 Å². The predicted octanol–water partition coefficient (Wildman–Crippen LogP) is 1.97. The maximum atomic E-state index is 5.53. The van der Waals surface area contributed by atoms with E-state index in [1.54, 1.807) is 39.3 Å². The molecule has 1 aromatic heterocycles. The summed E-state index contributed by atoms with van der Waals surface area (Å²) in [4.78, 5) is 0. The van der Waals surface area contributed by atoms with Crippen LogP contribution >= 0.6 is 0 Å². The van der Waals surface area contributed by atoms with Crippen LogP contribution < -0.4 is 14.2 Å². The van der Waals surface area contributed by atoms with Gasteiger partial charge >= 0.3 is 0 Å². The van der Waals surface area contributed by atoms with Crippen molar-refractivity contribution in [3.05, 3.63) is 30.0 Å². The molecule has 0 aliphatic heterocycles. The molecule has 18 heavy (non-hydrogen) atoms. The molecule has 0 amide bonds. The normalized spacial score (nSPS) is 10.2. The van der Waals surface area contributed by atoms with E-state index >= 15 is 0 Å². The molecule has 0 aliphatic rings. The van der Waals surface area contributed by atoms with Crippen LogP contribution in [0.2, 0.25) is 0 Å². The van der Waals surface area contributed by atoms with Gasteiger partial charge in [-0.25, -0.2) is 0 Å². The third-order valence-electron chi connectivity index (χ3n) is 2.26. The summed E-state index contributed by atoms with van der Waals surface area (Å²) in [6.45, 7) is 1.93. The topological polar surface area (TPSA) is 66.6 Å². The zero-order valence-corrected chi connectivity index (χ0v) is 10.5. The second-order valence-electron chi connectivity index (χ2n) is 3.55. The van der Waals surface area contributed by atoms with Gasteiger partial charge in [-0.3, -0.25) is 0 Å². The highest BCUT2D eigenvalue weighted by atomic mass is 16.5. The SMILES string of the molecule is COc1cc(OC)cc(OCc2nnc(C)o2)c1. The third kappa shape index (κ3) is 2.91. The van der Waals surface area contributed by atoms with E-state index in [2.05, 4.69) is 10.2 Å². The van der Waals surface area contributed by atoms with Gasteiger partial charge in [0, 0.05) is 25.1 Å². The number of ether oxygens (including phenoxy) is 3. The van der Waals surface area contributed by atoms with Crippen LogP contribution in [0.5, 0.6) is 17.2 Å². The molecule has 0 bridgehead atoms. The Bertz CT molecular complexity index is 502. The highest BCUT2D eigenvalue weighted by molar-refractivity contribution is 5.41. The molecule has 0 saturated carbocycles. The van der Waals surface area contributed by atoms with Crippen molar-refractivity contribution in [2.45, 2.75) is 13.5 Å². The Morgan fingerprint density at radius 2 is 1.61 bits per heavy atom. The highest BCUT2D eigenvalue weighted by Gasteiger charge is 2.06. The van der Waals surface area contributed by atoms with Crippen molar-refractivity contribution in [3.8, 4) is 17.2 Å². The molecule has 0 aliphatic carbocycles. The quantitative estimate of drug-likeness (QED) is 0.808. The molecule has 0 spiro atoms. The molecule has 0 atom stereocenters. The van der Waals surface area contributed by atoms with Gasteiger partial charge in [0.05, 0.1) is 14.2 Å². The fraction of sp³-hybridized carbons (Fsp3) is 0.333. The molecule has 0 unspecified atom stereocenters. The van der Waals surface area contributed by atoms with Crippen LogP contribution in [0.1, 0.15) is 11.8 Å². The minimum Gasteiger partial charge on any atom is -0.496 e. The summed E-state index contributed by atoms with van der Waals surface area (Å²) in [7, 11) is 3.17. The van der Waals surface area contributed by atoms with E-state index < -0.39 is 0 Å². The Morgan fingerprint density at radius 3 is 2.11 bits per heavy atom. The first kappa shape index (κ1) is 12.2. The number of rotatable bonds is 5. The molecule has 0 saturated heterocycles. The van der Waals surface area contributed by atoms with E-state index in [4.69, 9.17) is 18.6 Å². The van der Waals surface area contributed by atoms with Gasteiger partial charge < -0.3 is 18.6 Å². The van der Waals surface area contributed by atoms with Crippen LogP contribution in [0.4, 0.5) is 0 Å². The molecular formula is C12H14N2O4. The van der Waals surface area contributed by atoms with Gasteiger partial charge in [0.15, 0.2) is 6.61 Å². The van der Waals surface area contributed by atoms with E-state index in [1.807, 2.05) is 0 Å². The van der Waals surface area contributed by atoms with Crippen LogP contribution in [0.3, 0.4) is 0 Å². The van der Waals surface area contributed by atoms with E-state index in [0.717, 1.165) is 0 Å². The van der Waals surface area contributed by atoms with Gasteiger partial charge in [0.25, 0.3) is 5.89 Å². The zero-order chi connectivity index (χ0) is 13.0. The van der Waals surface area contributed by atoms with Crippen molar-refractivity contribution in [2.24, 2.45) is 0 Å². The summed E-state index contributed by atoms with van der Waals surface area (Å²) in [5.74, 6) is 2.87. The van der Waals surface area contributed by atoms with Gasteiger partial charge in [-0.05, 0) is 0 Å². The van der Waals surface area contributed by atoms with Crippen molar-refractivity contribution in [3.63, 3.8) is 0 Å². The summed E-state index contributed by atoms with van der Waals surface area (Å²) in [5.41, 5.74) is 0. The van der Waals surface area contributed by atoms with Crippen molar-refractivity contribution >= 4 is 0 Å². The lowest BCUT2D eigenvalue weighted by Gasteiger charge is -2.08. The second-order valence-corrected chi connectivity index (χ2v) is 3.55. The number of aryl methyl sites for hydroxylation is 1. The zero-order valence-electron chi connectivity index (χ0n) is 10.5. The number of benzene rings is 1. The van der Waals surface area contributed by atoms with Crippen LogP contribution in [-0.2, 0) is 6.61 Å². The number of hydrogen-bond acceptors (Lipinski definition) is 6. The molecule has 6 heteroatoms. The Kier molecular flexibility index (Phi) is 3.66. The summed E-state index contributed by atoms with van der Waals surface area (Å²) < 4.78 is 21.0. The summed E-state index contributed by atoms with van der Waals surface area (Å²) >= 11 is 0. The van der Waals surface area contributed by atoms with E-state index in [0.29, 0.717) is 29.0 Å². The minimum absolute atomic E-state index is 0.206. The maximum absolute atomic E-state index is 5.53. The molecule has 0 N–H and O–H groups in total. The molecule has 0 fully saturated rings. The molecule has 2 rings (SSSR count). The third-order valence-corrected chi connectivity index (χ3v) is 2.26. The fourth-order valence-corrected chi connectivity index (χ4v) is 1.41. The van der Waals surface area contributed by atoms with Crippen molar-refractivity contribution in [1.29, 1.82) is 0 Å². The summed E-state index contributed by atoms with van der Waals surface area (Å²) in [6.07, 6.45) is 0. The first-order chi connectivity index (χ1) is 8.71. The van der Waals surface area contributed by atoms with Gasteiger partial charge in [-0.1, -0.05) is 0 Å². The van der Waals surface area contributed by atoms with Gasteiger partial charge in [-0.2, -0.15) is 0 Å². The number of hydrogen-bond donors (Lipinski definition) is 0. The lowest BCUT2D eigenvalue weighted by molar-refractivity contribution is 0.257. The Morgan fingerprint density at radius 1 is 1.00 bits per heavy atom. The molecule has 1 heterocycles. The van der Waals surface area contributed by atoms with Gasteiger partial charge in [-0.15, -0.1) is 10.2 Å². The average molecular weight is 250 g/mol. The molecular weight excluding hydrogens is 236 g/mol. The summed E-state index contributed by atoms with van der Waals surface area (Å²) in [5, 5.41) is 7.56. The monoisotopic (exact) mass is 250 g/mol. The molecule has 6 nitrogen and oxygen atoms in total. The molecule has 2 aromatic rings. The van der Waals surface area contributed by atoms with E-state index in [9.17, 15) is 0 Å². The summed E-state index contributed by atoms with van der Waals surface area (Å²) in [6, 6.07) is 5.28. The van der Waals surface area contributed by atoms with Crippen molar-refractivity contribution in [2.75, 3.05) is 14.2 Å². The number of aromatic nitrogens is 2. The average Bonchev–Trinajstić information content (AvgIpc) is 2.81. The maximum Gasteiger partial charge on any atom is 0.253 e. The minimum atomic E-state index is 0.206. The highest BCUT2D eigenvalue weighted by Crippen LogP contribution is 2.27. The predicted molar refractivity (Wildman–Crippen MR) is 62.9 cm³/mol. The lowest BCUT2D eigenvalue weighted by Crippen LogP contribution is -1.97. The molecule has 96 valence electrons. The standard InChI is InChI=1S/C12H14N2O4/c1-8-13-14-12(18-8)7-17-11-5-9(15-2)4-10(6-11)16-3/h4-6H,7H2,1-3H3. The number of nitrogens with zero attached hydrogens (tertiary/aromatic N) is 2. The fourth-order valence-electron chi connectivity index (χ4n) is 1.41. The van der Waals surface area contributed by atoms with Crippen LogP contribution in [-0.4, -0.2) is 24.4 Å². The number of methoxy groups -OCH3 is 2. The van der Waals surface area contributed by atoms with Crippen LogP contribution in [0.25, 0.3) is 0 Å². The largest absolute Gasteiger partial charge is 0.496 e. The van der Waals surface area contributed by atoms with Crippen molar-refractivity contribution in [1.82, 2.24) is 10.2 Å². The van der Waals surface area contributed by atoms with Crippen LogP contribution in [0, 0.1) is 6.92 Å². The van der Waals surface area contributed by atoms with E-state index in [1.165, 1.54) is 0 Å². The first-order valence-electron chi connectivity index (χ1n) is 5.36. The Labute approximate surface area is 104 Å². The van der Waals surface area contributed by atoms with E-state index in [-0.39, 0.29) is 6.61 Å². The molecule has 0 radical (unpaired) electrons. The second kappa shape index (κ2) is 5.39.